The molecule has 0 saturated carbocycles. The van der Waals surface area contributed by atoms with Gasteiger partial charge in [-0.2, -0.15) is 0 Å². The Labute approximate surface area is 174 Å². The van der Waals surface area contributed by atoms with Gasteiger partial charge in [0.2, 0.25) is 0 Å². The average molecular weight is 421 g/mol. The third-order valence-corrected chi connectivity index (χ3v) is 3.53. The number of alkyl carbamates (subject to hydrolysis) is 2. The Balaban J connectivity index is 0.000000541. The highest BCUT2D eigenvalue weighted by atomic mass is 16.6. The van der Waals surface area contributed by atoms with Crippen LogP contribution >= 0.6 is 0 Å². The van der Waals surface area contributed by atoms with Gasteiger partial charge in [-0.05, 0) is 67.2 Å². The Kier molecular flexibility index (Phi) is 12.9. The van der Waals surface area contributed by atoms with Crippen LogP contribution < -0.4 is 10.6 Å². The highest BCUT2D eigenvalue weighted by molar-refractivity contribution is 5.68. The lowest BCUT2D eigenvalue weighted by atomic mass is 10.1. The molecule has 0 aromatic heterocycles. The van der Waals surface area contributed by atoms with Crippen molar-refractivity contribution >= 4 is 12.2 Å². The predicted octanol–water partition coefficient (Wildman–Crippen LogP) is 2.33. The SMILES string of the molecule is CC(C)(C)OC(=O)N[C@H](CO)CCCO.CC(C)(C)OC(=O)N[C@H]1CCCOC1. The van der Waals surface area contributed by atoms with Crippen LogP contribution in [0, 0.1) is 0 Å². The summed E-state index contributed by atoms with van der Waals surface area (Å²) in [5, 5.41) is 22.9. The number of carbonyl (C=O) groups excluding carboxylic acids is 2. The van der Waals surface area contributed by atoms with Crippen molar-refractivity contribution in [2.45, 2.75) is 90.5 Å². The number of aliphatic hydroxyl groups is 2. The van der Waals surface area contributed by atoms with Crippen LogP contribution in [0.4, 0.5) is 9.59 Å². The van der Waals surface area contributed by atoms with Gasteiger partial charge in [0, 0.05) is 13.2 Å². The van der Waals surface area contributed by atoms with E-state index in [2.05, 4.69) is 10.6 Å². The van der Waals surface area contributed by atoms with Gasteiger partial charge in [-0.3, -0.25) is 0 Å². The summed E-state index contributed by atoms with van der Waals surface area (Å²) in [6.07, 6.45) is 2.15. The van der Waals surface area contributed by atoms with Crippen LogP contribution in [0.25, 0.3) is 0 Å². The van der Waals surface area contributed by atoms with Crippen molar-refractivity contribution in [3.05, 3.63) is 0 Å². The van der Waals surface area contributed by atoms with Crippen molar-refractivity contribution in [3.8, 4) is 0 Å². The molecule has 1 fully saturated rings. The Morgan fingerprint density at radius 2 is 1.66 bits per heavy atom. The van der Waals surface area contributed by atoms with E-state index in [1.165, 1.54) is 0 Å². The Bertz CT molecular complexity index is 466. The van der Waals surface area contributed by atoms with Gasteiger partial charge in [-0.15, -0.1) is 0 Å². The van der Waals surface area contributed by atoms with Crippen LogP contribution in [0.3, 0.4) is 0 Å². The molecule has 9 heteroatoms. The molecule has 2 amide bonds. The number of hydrogen-bond acceptors (Lipinski definition) is 7. The normalized spacial score (nSPS) is 18.0. The van der Waals surface area contributed by atoms with Gasteiger partial charge >= 0.3 is 12.2 Å². The van der Waals surface area contributed by atoms with Crippen molar-refractivity contribution in [2.75, 3.05) is 26.4 Å². The van der Waals surface area contributed by atoms with E-state index in [4.69, 9.17) is 24.4 Å². The predicted molar refractivity (Wildman–Crippen MR) is 110 cm³/mol. The molecule has 0 aliphatic carbocycles. The fraction of sp³-hybridized carbons (Fsp3) is 0.900. The maximum Gasteiger partial charge on any atom is 0.407 e. The second-order valence-corrected chi connectivity index (χ2v) is 8.95. The lowest BCUT2D eigenvalue weighted by Gasteiger charge is -2.25. The molecule has 2 atom stereocenters. The van der Waals surface area contributed by atoms with Crippen molar-refractivity contribution in [1.29, 1.82) is 0 Å². The fourth-order valence-electron chi connectivity index (χ4n) is 2.35. The molecule has 1 heterocycles. The highest BCUT2D eigenvalue weighted by Gasteiger charge is 2.21. The minimum atomic E-state index is -0.542. The molecule has 1 aliphatic heterocycles. The van der Waals surface area contributed by atoms with E-state index in [-0.39, 0.29) is 31.4 Å². The number of aliphatic hydroxyl groups excluding tert-OH is 2. The summed E-state index contributed by atoms with van der Waals surface area (Å²) in [6, 6.07) is -0.245. The molecule has 0 aromatic rings. The van der Waals surface area contributed by atoms with E-state index in [0.717, 1.165) is 19.4 Å². The number of amides is 2. The fourth-order valence-corrected chi connectivity index (χ4v) is 2.35. The molecule has 4 N–H and O–H groups in total. The van der Waals surface area contributed by atoms with Crippen molar-refractivity contribution in [1.82, 2.24) is 10.6 Å². The van der Waals surface area contributed by atoms with Crippen LogP contribution in [0.1, 0.15) is 67.2 Å². The van der Waals surface area contributed by atoms with Gasteiger partial charge in [-0.1, -0.05) is 0 Å². The minimum Gasteiger partial charge on any atom is -0.444 e. The van der Waals surface area contributed by atoms with Crippen molar-refractivity contribution in [3.63, 3.8) is 0 Å². The third kappa shape index (κ3) is 17.0. The molecule has 1 rings (SSSR count). The van der Waals surface area contributed by atoms with Gasteiger partial charge in [0.25, 0.3) is 0 Å². The van der Waals surface area contributed by atoms with E-state index in [1.807, 2.05) is 20.8 Å². The molecular weight excluding hydrogens is 380 g/mol. The summed E-state index contributed by atoms with van der Waals surface area (Å²) in [6.45, 7) is 12.2. The largest absolute Gasteiger partial charge is 0.444 e. The zero-order chi connectivity index (χ0) is 22.5. The topological polar surface area (TPSA) is 126 Å². The molecule has 1 aliphatic rings. The first-order chi connectivity index (χ1) is 13.4. The maximum atomic E-state index is 11.3. The average Bonchev–Trinajstić information content (AvgIpc) is 2.56. The van der Waals surface area contributed by atoms with Crippen LogP contribution in [-0.2, 0) is 14.2 Å². The first-order valence-electron chi connectivity index (χ1n) is 10.1. The van der Waals surface area contributed by atoms with Crippen LogP contribution in [0.5, 0.6) is 0 Å². The molecular formula is C20H40N2O7. The van der Waals surface area contributed by atoms with E-state index >= 15 is 0 Å². The molecule has 172 valence electrons. The maximum absolute atomic E-state index is 11.3. The summed E-state index contributed by atoms with van der Waals surface area (Å²) in [4.78, 5) is 22.6. The zero-order valence-electron chi connectivity index (χ0n) is 18.7. The molecule has 29 heavy (non-hydrogen) atoms. The first-order valence-corrected chi connectivity index (χ1v) is 10.1. The highest BCUT2D eigenvalue weighted by Crippen LogP contribution is 2.10. The van der Waals surface area contributed by atoms with E-state index < -0.39 is 17.3 Å². The van der Waals surface area contributed by atoms with Crippen LogP contribution in [-0.4, -0.2) is 72.1 Å². The molecule has 0 spiro atoms. The summed E-state index contributed by atoms with van der Waals surface area (Å²) < 4.78 is 15.4. The molecule has 0 unspecified atom stereocenters. The molecule has 9 nitrogen and oxygen atoms in total. The quantitative estimate of drug-likeness (QED) is 0.519. The molecule has 1 saturated heterocycles. The Hall–Kier alpha value is -1.58. The van der Waals surface area contributed by atoms with Gasteiger partial charge in [-0.25, -0.2) is 9.59 Å². The second-order valence-electron chi connectivity index (χ2n) is 8.95. The van der Waals surface area contributed by atoms with E-state index in [0.29, 0.717) is 19.4 Å². The van der Waals surface area contributed by atoms with Crippen molar-refractivity contribution < 1.29 is 34.0 Å². The zero-order valence-corrected chi connectivity index (χ0v) is 18.7. The van der Waals surface area contributed by atoms with E-state index in [1.54, 1.807) is 20.8 Å². The smallest absolute Gasteiger partial charge is 0.407 e. The van der Waals surface area contributed by atoms with Gasteiger partial charge in [0.1, 0.15) is 11.2 Å². The van der Waals surface area contributed by atoms with Gasteiger partial charge in [0.05, 0.1) is 25.3 Å². The first kappa shape index (κ1) is 27.4. The van der Waals surface area contributed by atoms with Gasteiger partial charge in [0.15, 0.2) is 0 Å². The lowest BCUT2D eigenvalue weighted by molar-refractivity contribution is 0.0346. The lowest BCUT2D eigenvalue weighted by Crippen LogP contribution is -2.43. The summed E-state index contributed by atoms with van der Waals surface area (Å²) in [5.41, 5.74) is -0.972. The summed E-state index contributed by atoms with van der Waals surface area (Å²) in [5.74, 6) is 0. The summed E-state index contributed by atoms with van der Waals surface area (Å²) in [7, 11) is 0. The van der Waals surface area contributed by atoms with E-state index in [9.17, 15) is 9.59 Å². The number of hydrogen-bond donors (Lipinski definition) is 4. The summed E-state index contributed by atoms with van der Waals surface area (Å²) >= 11 is 0. The van der Waals surface area contributed by atoms with Crippen LogP contribution in [0.15, 0.2) is 0 Å². The Morgan fingerprint density at radius 3 is 2.10 bits per heavy atom. The second kappa shape index (κ2) is 13.6. The standard InChI is InChI=1S/C10H21NO4.C10H19NO3/c1-10(2,3)15-9(14)11-8(7-13)5-4-6-12;1-10(2,3)14-9(12)11-8-5-4-6-13-7-8/h8,12-13H,4-7H2,1-3H3,(H,11,14);8H,4-7H2,1-3H3,(H,11,12)/t2*8-/m00/s1. The van der Waals surface area contributed by atoms with Crippen molar-refractivity contribution in [2.24, 2.45) is 0 Å². The monoisotopic (exact) mass is 420 g/mol. The van der Waals surface area contributed by atoms with Gasteiger partial charge < -0.3 is 35.1 Å². The number of carbonyl (C=O) groups is 2. The molecule has 0 bridgehead atoms. The Morgan fingerprint density at radius 1 is 1.07 bits per heavy atom. The number of rotatable bonds is 6. The number of nitrogens with one attached hydrogen (secondary N) is 2. The third-order valence-electron chi connectivity index (χ3n) is 3.53. The van der Waals surface area contributed by atoms with Crippen LogP contribution in [0.2, 0.25) is 0 Å². The molecule has 0 radical (unpaired) electrons. The number of ether oxygens (including phenoxy) is 3. The minimum absolute atomic E-state index is 0.0481. The molecule has 0 aromatic carbocycles.